The van der Waals surface area contributed by atoms with Crippen molar-refractivity contribution >= 4 is 17.4 Å². The summed E-state index contributed by atoms with van der Waals surface area (Å²) in [6.07, 6.45) is 2.88. The Hall–Kier alpha value is -3.36. The van der Waals surface area contributed by atoms with Crippen molar-refractivity contribution in [3.8, 4) is 17.2 Å². The third-order valence-corrected chi connectivity index (χ3v) is 3.84. The first-order valence-corrected chi connectivity index (χ1v) is 8.79. The summed E-state index contributed by atoms with van der Waals surface area (Å²) in [6, 6.07) is 7.21. The Balaban J connectivity index is 2.09. The highest BCUT2D eigenvalue weighted by atomic mass is 19.1. The number of carbonyl (C=O) groups is 1. The third-order valence-electron chi connectivity index (χ3n) is 3.84. The van der Waals surface area contributed by atoms with Gasteiger partial charge in [-0.2, -0.15) is 0 Å². The van der Waals surface area contributed by atoms with E-state index in [1.165, 1.54) is 37.4 Å². The fourth-order valence-electron chi connectivity index (χ4n) is 2.38. The van der Waals surface area contributed by atoms with E-state index in [2.05, 4.69) is 17.6 Å². The smallest absolute Gasteiger partial charge is 0.319 e. The van der Waals surface area contributed by atoms with Gasteiger partial charge in [-0.05, 0) is 18.6 Å². The van der Waals surface area contributed by atoms with Gasteiger partial charge in [0.25, 0.3) is 5.69 Å². The molecule has 0 saturated heterocycles. The number of nitro groups is 1. The average molecular weight is 391 g/mol. The van der Waals surface area contributed by atoms with Crippen molar-refractivity contribution in [1.29, 1.82) is 0 Å². The summed E-state index contributed by atoms with van der Waals surface area (Å²) in [5, 5.41) is 15.8. The number of benzene rings is 2. The van der Waals surface area contributed by atoms with E-state index < -0.39 is 16.8 Å². The van der Waals surface area contributed by atoms with E-state index in [-0.39, 0.29) is 28.6 Å². The van der Waals surface area contributed by atoms with Gasteiger partial charge in [0.2, 0.25) is 0 Å². The minimum atomic E-state index is -0.707. The number of amides is 2. The second-order valence-corrected chi connectivity index (χ2v) is 5.92. The highest BCUT2D eigenvalue weighted by Gasteiger charge is 2.15. The molecule has 0 atom stereocenters. The Morgan fingerprint density at radius 2 is 1.89 bits per heavy atom. The molecule has 2 aromatic carbocycles. The van der Waals surface area contributed by atoms with Gasteiger partial charge in [-0.15, -0.1) is 0 Å². The van der Waals surface area contributed by atoms with E-state index in [1.807, 2.05) is 0 Å². The molecule has 0 aliphatic carbocycles. The molecule has 28 heavy (non-hydrogen) atoms. The predicted octanol–water partition coefficient (Wildman–Crippen LogP) is 4.85. The van der Waals surface area contributed by atoms with E-state index >= 15 is 0 Å². The van der Waals surface area contributed by atoms with Crippen LogP contribution in [-0.2, 0) is 0 Å². The van der Waals surface area contributed by atoms with Crippen LogP contribution in [0.3, 0.4) is 0 Å². The van der Waals surface area contributed by atoms with Crippen LogP contribution in [0.2, 0.25) is 0 Å². The summed E-state index contributed by atoms with van der Waals surface area (Å²) in [5.41, 5.74) is -0.143. The monoisotopic (exact) mass is 391 g/mol. The van der Waals surface area contributed by atoms with E-state index in [0.29, 0.717) is 6.54 Å². The van der Waals surface area contributed by atoms with Crippen LogP contribution in [-0.4, -0.2) is 24.6 Å². The maximum absolute atomic E-state index is 14.4. The lowest BCUT2D eigenvalue weighted by atomic mass is 10.2. The van der Waals surface area contributed by atoms with Crippen molar-refractivity contribution in [2.24, 2.45) is 0 Å². The molecule has 9 heteroatoms. The van der Waals surface area contributed by atoms with Crippen molar-refractivity contribution < 1.29 is 23.6 Å². The molecule has 2 amide bonds. The number of rotatable bonds is 9. The first-order chi connectivity index (χ1) is 13.4. The lowest BCUT2D eigenvalue weighted by molar-refractivity contribution is -0.384. The number of non-ortho nitro benzene ring substituents is 1. The van der Waals surface area contributed by atoms with Crippen molar-refractivity contribution in [3.05, 3.63) is 52.3 Å². The zero-order chi connectivity index (χ0) is 20.5. The highest BCUT2D eigenvalue weighted by Crippen LogP contribution is 2.36. The molecule has 0 aliphatic rings. The molecule has 0 heterocycles. The lowest BCUT2D eigenvalue weighted by Gasteiger charge is -2.14. The van der Waals surface area contributed by atoms with Crippen LogP contribution in [0.25, 0.3) is 0 Å². The molecule has 0 bridgehead atoms. The molecule has 2 aromatic rings. The van der Waals surface area contributed by atoms with E-state index in [9.17, 15) is 19.3 Å². The fraction of sp³-hybridized carbons (Fsp3) is 0.316. The molecular formula is C19H22FN3O5. The van der Waals surface area contributed by atoms with Crippen LogP contribution < -0.4 is 20.1 Å². The number of nitrogens with one attached hydrogen (secondary N) is 2. The number of anilines is 1. The summed E-state index contributed by atoms with van der Waals surface area (Å²) in [7, 11) is 1.38. The molecule has 2 N–H and O–H groups in total. The number of hydrogen-bond donors (Lipinski definition) is 2. The number of nitrogens with zero attached hydrogens (tertiary/aromatic N) is 1. The topological polar surface area (TPSA) is 103 Å². The van der Waals surface area contributed by atoms with E-state index in [0.717, 1.165) is 25.3 Å². The maximum atomic E-state index is 14.4. The Morgan fingerprint density at radius 1 is 1.18 bits per heavy atom. The number of ether oxygens (including phenoxy) is 2. The standard InChI is InChI=1S/C19H22FN3O5/c1-3-4-5-10-21-19(24)22-16-12-17(27-2)18(11-15(16)20)28-14-8-6-13(7-9-14)23(25)26/h6-9,11-12H,3-5,10H2,1-2H3,(H2,21,22,24). The molecule has 0 radical (unpaired) electrons. The number of unbranched alkanes of at least 4 members (excludes halogenated alkanes) is 2. The Labute approximate surface area is 161 Å². The zero-order valence-electron chi connectivity index (χ0n) is 15.7. The minimum absolute atomic E-state index is 0.0547. The van der Waals surface area contributed by atoms with Crippen molar-refractivity contribution in [1.82, 2.24) is 5.32 Å². The van der Waals surface area contributed by atoms with Crippen LogP contribution in [0.5, 0.6) is 17.2 Å². The second kappa shape index (κ2) is 10.1. The molecule has 150 valence electrons. The van der Waals surface area contributed by atoms with Crippen molar-refractivity contribution in [3.63, 3.8) is 0 Å². The van der Waals surface area contributed by atoms with Crippen LogP contribution in [0.4, 0.5) is 20.6 Å². The SMILES string of the molecule is CCCCCNC(=O)Nc1cc(OC)c(Oc2ccc([N+](=O)[O-])cc2)cc1F. The summed E-state index contributed by atoms with van der Waals surface area (Å²) in [6.45, 7) is 2.56. The Bertz CT molecular complexity index is 827. The number of methoxy groups -OCH3 is 1. The molecule has 8 nitrogen and oxygen atoms in total. The molecule has 0 spiro atoms. The normalized spacial score (nSPS) is 10.2. The van der Waals surface area contributed by atoms with Gasteiger partial charge in [0.05, 0.1) is 17.7 Å². The van der Waals surface area contributed by atoms with Crippen LogP contribution in [0, 0.1) is 15.9 Å². The van der Waals surface area contributed by atoms with Gasteiger partial charge in [0, 0.05) is 30.8 Å². The molecule has 0 aliphatic heterocycles. The van der Waals surface area contributed by atoms with Gasteiger partial charge in [-0.25, -0.2) is 9.18 Å². The largest absolute Gasteiger partial charge is 0.493 e. The number of carbonyl (C=O) groups excluding carboxylic acids is 1. The molecule has 0 unspecified atom stereocenters. The minimum Gasteiger partial charge on any atom is -0.493 e. The number of halogens is 1. The highest BCUT2D eigenvalue weighted by molar-refractivity contribution is 5.89. The van der Waals surface area contributed by atoms with Gasteiger partial charge >= 0.3 is 6.03 Å². The Morgan fingerprint density at radius 3 is 2.50 bits per heavy atom. The predicted molar refractivity (Wildman–Crippen MR) is 103 cm³/mol. The number of nitro benzene ring substituents is 1. The van der Waals surface area contributed by atoms with Gasteiger partial charge < -0.3 is 20.1 Å². The summed E-state index contributed by atoms with van der Waals surface area (Å²) in [4.78, 5) is 22.0. The van der Waals surface area contributed by atoms with Gasteiger partial charge in [0.1, 0.15) is 5.75 Å². The van der Waals surface area contributed by atoms with Gasteiger partial charge in [-0.3, -0.25) is 10.1 Å². The van der Waals surface area contributed by atoms with Crippen LogP contribution >= 0.6 is 0 Å². The summed E-state index contributed by atoms with van der Waals surface area (Å²) < 4.78 is 25.1. The number of urea groups is 1. The lowest BCUT2D eigenvalue weighted by Crippen LogP contribution is -2.29. The Kier molecular flexibility index (Phi) is 7.55. The van der Waals surface area contributed by atoms with Crippen LogP contribution in [0.15, 0.2) is 36.4 Å². The maximum Gasteiger partial charge on any atom is 0.319 e. The first kappa shape index (κ1) is 20.9. The average Bonchev–Trinajstić information content (AvgIpc) is 2.67. The van der Waals surface area contributed by atoms with Gasteiger partial charge in [0.15, 0.2) is 17.3 Å². The molecule has 0 saturated carbocycles. The first-order valence-electron chi connectivity index (χ1n) is 8.79. The zero-order valence-corrected chi connectivity index (χ0v) is 15.7. The van der Waals surface area contributed by atoms with Crippen molar-refractivity contribution in [2.45, 2.75) is 26.2 Å². The molecular weight excluding hydrogens is 369 g/mol. The van der Waals surface area contributed by atoms with Crippen LogP contribution in [0.1, 0.15) is 26.2 Å². The fourth-order valence-corrected chi connectivity index (χ4v) is 2.38. The summed E-state index contributed by atoms with van der Waals surface area (Å²) >= 11 is 0. The van der Waals surface area contributed by atoms with E-state index in [1.54, 1.807) is 0 Å². The molecule has 2 rings (SSSR count). The molecule has 0 fully saturated rings. The van der Waals surface area contributed by atoms with E-state index in [4.69, 9.17) is 9.47 Å². The second-order valence-electron chi connectivity index (χ2n) is 5.92. The quantitative estimate of drug-likeness (QED) is 0.361. The number of hydrogen-bond acceptors (Lipinski definition) is 5. The molecule has 0 aromatic heterocycles. The van der Waals surface area contributed by atoms with Gasteiger partial charge in [-0.1, -0.05) is 19.8 Å². The third kappa shape index (κ3) is 5.83. The summed E-state index contributed by atoms with van der Waals surface area (Å²) in [5.74, 6) is -0.164. The van der Waals surface area contributed by atoms with Crippen molar-refractivity contribution in [2.75, 3.05) is 19.0 Å².